The van der Waals surface area contributed by atoms with E-state index in [-0.39, 0.29) is 35.6 Å². The summed E-state index contributed by atoms with van der Waals surface area (Å²) in [5.74, 6) is -0.329. The lowest BCUT2D eigenvalue weighted by Crippen LogP contribution is -2.63. The van der Waals surface area contributed by atoms with Crippen molar-refractivity contribution in [1.29, 1.82) is 0 Å². The number of fused-ring (bicyclic) bond motifs is 3. The third-order valence-corrected chi connectivity index (χ3v) is 11.7. The normalized spacial score (nSPS) is 36.0. The van der Waals surface area contributed by atoms with Gasteiger partial charge in [0.25, 0.3) is 0 Å². The van der Waals surface area contributed by atoms with Crippen LogP contribution in [0.2, 0.25) is 0 Å². The molecule has 0 radical (unpaired) electrons. The van der Waals surface area contributed by atoms with Crippen molar-refractivity contribution in [3.8, 4) is 0 Å². The molecular weight excluding hydrogens is 540 g/mol. The Bertz CT molecular complexity index is 1040. The molecule has 4 aliphatic carbocycles. The number of ketones is 1. The zero-order valence-electron chi connectivity index (χ0n) is 27.7. The smallest absolute Gasteiger partial charge is 0.306 e. The first-order valence-corrected chi connectivity index (χ1v) is 17.6. The summed E-state index contributed by atoms with van der Waals surface area (Å²) in [5.41, 5.74) is -2.65. The molecule has 2 bridgehead atoms. The minimum Gasteiger partial charge on any atom is -0.461 e. The van der Waals surface area contributed by atoms with Crippen LogP contribution in [0.15, 0.2) is 23.3 Å². The third kappa shape index (κ3) is 6.87. The van der Waals surface area contributed by atoms with Crippen molar-refractivity contribution in [2.45, 2.75) is 155 Å². The fourth-order valence-corrected chi connectivity index (χ4v) is 9.07. The molecule has 43 heavy (non-hydrogen) atoms. The number of carbonyl (C=O) groups excluding carboxylic acids is 2. The van der Waals surface area contributed by atoms with Crippen molar-refractivity contribution in [2.75, 3.05) is 6.61 Å². The highest BCUT2D eigenvalue weighted by Crippen LogP contribution is 2.69. The van der Waals surface area contributed by atoms with Gasteiger partial charge in [-0.1, -0.05) is 117 Å². The van der Waals surface area contributed by atoms with E-state index >= 15 is 0 Å². The van der Waals surface area contributed by atoms with Crippen LogP contribution in [-0.4, -0.2) is 51.5 Å². The number of hydrogen-bond acceptors (Lipinski definition) is 6. The topological polar surface area (TPSA) is 104 Å². The SMILES string of the molecule is CCCCCCCCCCCCCCCC(=O)OCC1=C[C@@H]2C(=O)[C@]3(C=C(C)[C@H](O)[C@@]3(O)[C@@H]1O)C[C@H](C)C[C@@H]1[C@H]2C1(C)C. The molecule has 0 unspecified atom stereocenters. The number of aliphatic hydroxyl groups excluding tert-OH is 2. The van der Waals surface area contributed by atoms with E-state index in [2.05, 4.69) is 27.7 Å². The van der Waals surface area contributed by atoms with Crippen LogP contribution in [0.5, 0.6) is 0 Å². The summed E-state index contributed by atoms with van der Waals surface area (Å²) in [6.45, 7) is 10.3. The minimum absolute atomic E-state index is 0.0317. The highest BCUT2D eigenvalue weighted by atomic mass is 16.5. The summed E-state index contributed by atoms with van der Waals surface area (Å²) in [4.78, 5) is 27.1. The lowest BCUT2D eigenvalue weighted by Gasteiger charge is -2.47. The Hall–Kier alpha value is -1.50. The van der Waals surface area contributed by atoms with Gasteiger partial charge in [0.15, 0.2) is 5.78 Å². The van der Waals surface area contributed by atoms with Crippen LogP contribution in [0.25, 0.3) is 0 Å². The fraction of sp³-hybridized carbons (Fsp3) is 0.838. The van der Waals surface area contributed by atoms with E-state index in [0.29, 0.717) is 29.9 Å². The maximum atomic E-state index is 14.4. The Morgan fingerprint density at radius 3 is 2.07 bits per heavy atom. The first-order valence-electron chi connectivity index (χ1n) is 17.6. The van der Waals surface area contributed by atoms with Gasteiger partial charge < -0.3 is 20.1 Å². The number of carbonyl (C=O) groups is 2. The van der Waals surface area contributed by atoms with Gasteiger partial charge in [-0.05, 0) is 60.5 Å². The molecular formula is C37H60O6. The monoisotopic (exact) mass is 600 g/mol. The molecule has 2 saturated carbocycles. The molecule has 1 spiro atoms. The van der Waals surface area contributed by atoms with Gasteiger partial charge in [-0.3, -0.25) is 9.59 Å². The maximum absolute atomic E-state index is 14.4. The van der Waals surface area contributed by atoms with Crippen molar-refractivity contribution in [3.63, 3.8) is 0 Å². The summed E-state index contributed by atoms with van der Waals surface area (Å²) in [6, 6.07) is 0. The van der Waals surface area contributed by atoms with Crippen LogP contribution in [0, 0.1) is 34.5 Å². The molecule has 3 N–H and O–H groups in total. The van der Waals surface area contributed by atoms with Crippen molar-refractivity contribution < 1.29 is 29.6 Å². The zero-order valence-corrected chi connectivity index (χ0v) is 27.7. The van der Waals surface area contributed by atoms with Crippen LogP contribution >= 0.6 is 0 Å². The predicted octanol–water partition coefficient (Wildman–Crippen LogP) is 7.24. The summed E-state index contributed by atoms with van der Waals surface area (Å²) in [6.07, 6.45) is 18.3. The van der Waals surface area contributed by atoms with E-state index in [1.165, 1.54) is 64.2 Å². The van der Waals surface area contributed by atoms with Crippen LogP contribution in [0.1, 0.15) is 137 Å². The number of hydrogen-bond donors (Lipinski definition) is 3. The average Bonchev–Trinajstić information content (AvgIpc) is 3.44. The molecule has 0 heterocycles. The molecule has 6 heteroatoms. The van der Waals surface area contributed by atoms with Crippen LogP contribution < -0.4 is 0 Å². The van der Waals surface area contributed by atoms with Gasteiger partial charge in [-0.2, -0.15) is 0 Å². The Kier molecular flexibility index (Phi) is 11.4. The zero-order chi connectivity index (χ0) is 31.4. The standard InChI is InChI=1S/C37H60O6/c1-6-7-8-9-10-11-12-13-14-15-16-17-18-19-30(38)43-24-27-21-28-31-29(35(31,4)5)20-25(2)22-36(34(28)41)23-26(3)32(39)37(36,42)33(27)40/h21,23,25,28-29,31-33,39-40,42H,6-20,22,24H2,1-5H3/t25-,28+,29-,31+,32+,33-,36-,37-/m1/s1. The maximum Gasteiger partial charge on any atom is 0.306 e. The van der Waals surface area contributed by atoms with Crippen molar-refractivity contribution >= 4 is 11.8 Å². The summed E-state index contributed by atoms with van der Waals surface area (Å²) < 4.78 is 5.65. The number of allylic oxidation sites excluding steroid dienone is 1. The van der Waals surface area contributed by atoms with E-state index in [1.807, 2.05) is 0 Å². The first-order chi connectivity index (χ1) is 20.4. The molecule has 2 fully saturated rings. The van der Waals surface area contributed by atoms with Gasteiger partial charge in [0, 0.05) is 12.3 Å². The second-order valence-corrected chi connectivity index (χ2v) is 15.3. The number of unbranched alkanes of at least 4 members (excludes halogenated alkanes) is 12. The molecule has 8 atom stereocenters. The van der Waals surface area contributed by atoms with E-state index in [1.54, 1.807) is 19.1 Å². The quantitative estimate of drug-likeness (QED) is 0.0980. The van der Waals surface area contributed by atoms with E-state index < -0.39 is 29.1 Å². The Labute approximate surface area is 260 Å². The molecule has 0 saturated heterocycles. The van der Waals surface area contributed by atoms with E-state index in [4.69, 9.17) is 4.74 Å². The van der Waals surface area contributed by atoms with Crippen LogP contribution in [0.3, 0.4) is 0 Å². The Morgan fingerprint density at radius 2 is 1.49 bits per heavy atom. The lowest BCUT2D eigenvalue weighted by molar-refractivity contribution is -0.185. The molecule has 4 aliphatic rings. The van der Waals surface area contributed by atoms with Crippen molar-refractivity contribution in [3.05, 3.63) is 23.3 Å². The minimum atomic E-state index is -2.09. The van der Waals surface area contributed by atoms with E-state index in [0.717, 1.165) is 25.7 Å². The molecule has 244 valence electrons. The molecule has 0 aromatic rings. The van der Waals surface area contributed by atoms with Crippen molar-refractivity contribution in [2.24, 2.45) is 34.5 Å². The summed E-state index contributed by atoms with van der Waals surface area (Å²) in [7, 11) is 0. The molecule has 0 aromatic carbocycles. The van der Waals surface area contributed by atoms with Gasteiger partial charge in [0.05, 0.1) is 5.41 Å². The van der Waals surface area contributed by atoms with Crippen LogP contribution in [0.4, 0.5) is 0 Å². The van der Waals surface area contributed by atoms with Gasteiger partial charge in [0.2, 0.25) is 0 Å². The highest BCUT2D eigenvalue weighted by Gasteiger charge is 2.72. The highest BCUT2D eigenvalue weighted by molar-refractivity contribution is 5.94. The molecule has 0 aromatic heterocycles. The number of Topliss-reactive ketones (excluding diaryl/α,β-unsaturated/α-hetero) is 1. The first kappa shape index (κ1) is 34.4. The van der Waals surface area contributed by atoms with Crippen LogP contribution in [-0.2, 0) is 14.3 Å². The number of rotatable bonds is 16. The fourth-order valence-electron chi connectivity index (χ4n) is 9.07. The number of ether oxygens (including phenoxy) is 1. The molecule has 6 nitrogen and oxygen atoms in total. The lowest BCUT2D eigenvalue weighted by atomic mass is 9.60. The summed E-state index contributed by atoms with van der Waals surface area (Å²) >= 11 is 0. The molecule has 4 rings (SSSR count). The third-order valence-electron chi connectivity index (χ3n) is 11.7. The Balaban J connectivity index is 1.29. The largest absolute Gasteiger partial charge is 0.461 e. The van der Waals surface area contributed by atoms with Gasteiger partial charge in [-0.15, -0.1) is 0 Å². The van der Waals surface area contributed by atoms with E-state index in [9.17, 15) is 24.9 Å². The summed E-state index contributed by atoms with van der Waals surface area (Å²) in [5, 5.41) is 35.1. The average molecular weight is 601 g/mol. The van der Waals surface area contributed by atoms with Gasteiger partial charge in [0.1, 0.15) is 24.4 Å². The molecule has 0 aliphatic heterocycles. The van der Waals surface area contributed by atoms with Gasteiger partial charge in [-0.25, -0.2) is 0 Å². The number of aliphatic hydroxyl groups is 3. The van der Waals surface area contributed by atoms with Gasteiger partial charge >= 0.3 is 5.97 Å². The second-order valence-electron chi connectivity index (χ2n) is 15.3. The Morgan fingerprint density at radius 1 is 0.930 bits per heavy atom. The second kappa shape index (κ2) is 14.3. The molecule has 0 amide bonds. The predicted molar refractivity (Wildman–Crippen MR) is 170 cm³/mol. The van der Waals surface area contributed by atoms with Crippen molar-refractivity contribution in [1.82, 2.24) is 0 Å². The number of esters is 1.